The van der Waals surface area contributed by atoms with Crippen molar-refractivity contribution in [1.29, 1.82) is 0 Å². The van der Waals surface area contributed by atoms with Crippen LogP contribution < -0.4 is 16.0 Å². The van der Waals surface area contributed by atoms with E-state index in [1.807, 2.05) is 56.3 Å². The average molecular weight is 467 g/mol. The number of aromatic nitrogens is 1. The molecule has 0 aliphatic heterocycles. The zero-order valence-corrected chi connectivity index (χ0v) is 17.7. The zero-order valence-electron chi connectivity index (χ0n) is 15.3. The molecule has 0 aliphatic rings. The van der Waals surface area contributed by atoms with Crippen molar-refractivity contribution in [3.8, 4) is 0 Å². The summed E-state index contributed by atoms with van der Waals surface area (Å²) in [6.45, 7) is 4.95. The van der Waals surface area contributed by atoms with Crippen molar-refractivity contribution in [3.63, 3.8) is 0 Å². The van der Waals surface area contributed by atoms with Gasteiger partial charge in [-0.1, -0.05) is 32.0 Å². The third-order valence-corrected chi connectivity index (χ3v) is 3.57. The number of nitrogens with zero attached hydrogens (tertiary/aromatic N) is 2. The van der Waals surface area contributed by atoms with Crippen LogP contribution in [0.15, 0.2) is 53.7 Å². The Kier molecular flexibility index (Phi) is 9.64. The summed E-state index contributed by atoms with van der Waals surface area (Å²) < 4.78 is 0. The molecule has 0 spiro atoms. The van der Waals surface area contributed by atoms with Crippen LogP contribution in [-0.4, -0.2) is 23.9 Å². The molecule has 1 amide bonds. The van der Waals surface area contributed by atoms with Crippen LogP contribution in [0.1, 0.15) is 25.1 Å². The minimum Gasteiger partial charge on any atom is -0.352 e. The third-order valence-electron chi connectivity index (χ3n) is 3.57. The molecule has 3 N–H and O–H groups in total. The highest BCUT2D eigenvalue weighted by molar-refractivity contribution is 14.0. The molecule has 0 saturated carbocycles. The monoisotopic (exact) mass is 467 g/mol. The van der Waals surface area contributed by atoms with Gasteiger partial charge in [0.1, 0.15) is 0 Å². The first-order valence-corrected chi connectivity index (χ1v) is 8.32. The van der Waals surface area contributed by atoms with Crippen LogP contribution in [0.5, 0.6) is 0 Å². The number of anilines is 1. The van der Waals surface area contributed by atoms with Gasteiger partial charge in [-0.05, 0) is 29.8 Å². The Balaban J connectivity index is 0.00000338. The molecule has 0 saturated heterocycles. The number of benzene rings is 1. The highest BCUT2D eigenvalue weighted by Gasteiger charge is 2.07. The molecule has 0 aliphatic carbocycles. The van der Waals surface area contributed by atoms with Crippen LogP contribution in [0.3, 0.4) is 0 Å². The van der Waals surface area contributed by atoms with E-state index in [1.54, 1.807) is 13.2 Å². The molecule has 7 heteroatoms. The summed E-state index contributed by atoms with van der Waals surface area (Å²) in [5.74, 6) is 0.664. The van der Waals surface area contributed by atoms with Gasteiger partial charge in [0, 0.05) is 31.4 Å². The third kappa shape index (κ3) is 7.38. The summed E-state index contributed by atoms with van der Waals surface area (Å²) in [6, 6.07) is 13.6. The Morgan fingerprint density at radius 2 is 1.88 bits per heavy atom. The first kappa shape index (κ1) is 21.9. The maximum atomic E-state index is 11.8. The topological polar surface area (TPSA) is 78.4 Å². The van der Waals surface area contributed by atoms with Crippen LogP contribution in [0, 0.1) is 5.92 Å². The second kappa shape index (κ2) is 11.5. The van der Waals surface area contributed by atoms with E-state index in [4.69, 9.17) is 0 Å². The number of guanidine groups is 1. The molecule has 1 aromatic heterocycles. The highest BCUT2D eigenvalue weighted by Crippen LogP contribution is 2.11. The Labute approximate surface area is 171 Å². The van der Waals surface area contributed by atoms with Crippen LogP contribution in [0.25, 0.3) is 0 Å². The first-order chi connectivity index (χ1) is 12.1. The molecule has 6 nitrogen and oxygen atoms in total. The van der Waals surface area contributed by atoms with Gasteiger partial charge in [-0.3, -0.25) is 14.8 Å². The largest absolute Gasteiger partial charge is 0.352 e. The second-order valence-electron chi connectivity index (χ2n) is 5.94. The van der Waals surface area contributed by atoms with E-state index in [0.717, 1.165) is 16.9 Å². The van der Waals surface area contributed by atoms with Crippen molar-refractivity contribution >= 4 is 41.5 Å². The number of carbonyl (C=O) groups is 1. The van der Waals surface area contributed by atoms with Crippen molar-refractivity contribution < 1.29 is 4.79 Å². The number of rotatable bonds is 6. The molecule has 140 valence electrons. The molecule has 0 unspecified atom stereocenters. The summed E-state index contributed by atoms with van der Waals surface area (Å²) in [7, 11) is 1.73. The zero-order chi connectivity index (χ0) is 18.1. The molecule has 26 heavy (non-hydrogen) atoms. The average Bonchev–Trinajstić information content (AvgIpc) is 2.63. The predicted molar refractivity (Wildman–Crippen MR) is 117 cm³/mol. The predicted octanol–water partition coefficient (Wildman–Crippen LogP) is 3.16. The van der Waals surface area contributed by atoms with Gasteiger partial charge in [0.25, 0.3) is 0 Å². The van der Waals surface area contributed by atoms with E-state index in [-0.39, 0.29) is 35.8 Å². The quantitative estimate of drug-likeness (QED) is 0.347. The number of carbonyl (C=O) groups excluding carboxylic acids is 1. The number of amides is 1. The molecule has 2 rings (SSSR count). The Bertz CT molecular complexity index is 719. The van der Waals surface area contributed by atoms with Gasteiger partial charge < -0.3 is 16.0 Å². The molecular formula is C19H26IN5O. The van der Waals surface area contributed by atoms with Crippen molar-refractivity contribution in [2.45, 2.75) is 26.9 Å². The Hall–Kier alpha value is -2.16. The van der Waals surface area contributed by atoms with E-state index < -0.39 is 0 Å². The number of aliphatic imine (C=N–C) groups is 1. The molecule has 2 aromatic rings. The van der Waals surface area contributed by atoms with Crippen molar-refractivity contribution in [3.05, 3.63) is 59.9 Å². The van der Waals surface area contributed by atoms with Gasteiger partial charge in [-0.25, -0.2) is 0 Å². The number of hydrogen-bond acceptors (Lipinski definition) is 3. The van der Waals surface area contributed by atoms with E-state index in [1.165, 1.54) is 0 Å². The van der Waals surface area contributed by atoms with Crippen molar-refractivity contribution in [1.82, 2.24) is 15.6 Å². The van der Waals surface area contributed by atoms with Crippen LogP contribution in [0.2, 0.25) is 0 Å². The van der Waals surface area contributed by atoms with Gasteiger partial charge in [0.2, 0.25) is 5.91 Å². The molecule has 0 fully saturated rings. The van der Waals surface area contributed by atoms with E-state index in [2.05, 4.69) is 25.9 Å². The molecule has 1 heterocycles. The van der Waals surface area contributed by atoms with Gasteiger partial charge >= 0.3 is 0 Å². The lowest BCUT2D eigenvalue weighted by atomic mass is 10.1. The fourth-order valence-corrected chi connectivity index (χ4v) is 2.13. The number of hydrogen-bond donors (Lipinski definition) is 3. The number of pyridine rings is 1. The maximum Gasteiger partial charge on any atom is 0.226 e. The van der Waals surface area contributed by atoms with Crippen LogP contribution >= 0.6 is 24.0 Å². The van der Waals surface area contributed by atoms with Gasteiger partial charge in [-0.15, -0.1) is 24.0 Å². The van der Waals surface area contributed by atoms with Gasteiger partial charge in [-0.2, -0.15) is 0 Å². The fourth-order valence-electron chi connectivity index (χ4n) is 2.13. The molecular weight excluding hydrogens is 441 g/mol. The van der Waals surface area contributed by atoms with E-state index >= 15 is 0 Å². The lowest BCUT2D eigenvalue weighted by Crippen LogP contribution is -2.36. The van der Waals surface area contributed by atoms with Crippen molar-refractivity contribution in [2.75, 3.05) is 12.4 Å². The SMILES string of the molecule is CN=C(NCc1cccc(NC(=O)C(C)C)c1)NCc1ccccn1.I. The molecule has 1 aromatic carbocycles. The summed E-state index contributed by atoms with van der Waals surface area (Å²) in [5.41, 5.74) is 2.81. The lowest BCUT2D eigenvalue weighted by molar-refractivity contribution is -0.118. The minimum atomic E-state index is -0.0450. The normalized spacial score (nSPS) is 10.8. The van der Waals surface area contributed by atoms with E-state index in [9.17, 15) is 4.79 Å². The minimum absolute atomic E-state index is 0. The lowest BCUT2D eigenvalue weighted by Gasteiger charge is -2.13. The van der Waals surface area contributed by atoms with Gasteiger partial charge in [0.15, 0.2) is 5.96 Å². The smallest absolute Gasteiger partial charge is 0.226 e. The van der Waals surface area contributed by atoms with Crippen LogP contribution in [0.4, 0.5) is 5.69 Å². The van der Waals surface area contributed by atoms with Crippen LogP contribution in [-0.2, 0) is 17.9 Å². The first-order valence-electron chi connectivity index (χ1n) is 8.32. The number of halogens is 1. The number of nitrogens with one attached hydrogen (secondary N) is 3. The Morgan fingerprint density at radius 1 is 1.12 bits per heavy atom. The fraction of sp³-hybridized carbons (Fsp3) is 0.316. The Morgan fingerprint density at radius 3 is 2.54 bits per heavy atom. The molecule has 0 atom stereocenters. The maximum absolute atomic E-state index is 11.8. The van der Waals surface area contributed by atoms with E-state index in [0.29, 0.717) is 19.0 Å². The van der Waals surface area contributed by atoms with Crippen molar-refractivity contribution in [2.24, 2.45) is 10.9 Å². The highest BCUT2D eigenvalue weighted by atomic mass is 127. The summed E-state index contributed by atoms with van der Waals surface area (Å²) in [5, 5.41) is 9.39. The summed E-state index contributed by atoms with van der Waals surface area (Å²) in [4.78, 5) is 20.3. The standard InChI is InChI=1S/C19H25N5O.HI/c1-14(2)18(25)24-16-9-6-7-15(11-16)12-22-19(20-3)23-13-17-8-4-5-10-21-17;/h4-11,14H,12-13H2,1-3H3,(H,24,25)(H2,20,22,23);1H. The molecule has 0 radical (unpaired) electrons. The second-order valence-corrected chi connectivity index (χ2v) is 5.94. The van der Waals surface area contributed by atoms with Gasteiger partial charge in [0.05, 0.1) is 12.2 Å². The molecule has 0 bridgehead atoms. The summed E-state index contributed by atoms with van der Waals surface area (Å²) in [6.07, 6.45) is 1.77. The summed E-state index contributed by atoms with van der Waals surface area (Å²) >= 11 is 0.